The van der Waals surface area contributed by atoms with Gasteiger partial charge in [-0.2, -0.15) is 9.97 Å². The van der Waals surface area contributed by atoms with E-state index in [9.17, 15) is 13.6 Å². The monoisotopic (exact) mass is 595 g/mol. The van der Waals surface area contributed by atoms with Crippen LogP contribution in [-0.2, 0) is 22.0 Å². The minimum absolute atomic E-state index is 0.0159. The summed E-state index contributed by atoms with van der Waals surface area (Å²) in [5.41, 5.74) is 5.29. The second kappa shape index (κ2) is 11.8. The van der Waals surface area contributed by atoms with E-state index in [4.69, 9.17) is 45.8 Å². The number of hydrogen-bond acceptors (Lipinski definition) is 10. The van der Waals surface area contributed by atoms with Crippen molar-refractivity contribution in [2.24, 2.45) is 0 Å². The summed E-state index contributed by atoms with van der Waals surface area (Å²) >= 11 is 6.63. The van der Waals surface area contributed by atoms with Crippen molar-refractivity contribution in [2.75, 3.05) is 41.3 Å². The van der Waals surface area contributed by atoms with Gasteiger partial charge in [-0.15, -0.1) is 0 Å². The predicted molar refractivity (Wildman–Crippen MR) is 145 cm³/mol. The lowest BCUT2D eigenvalue weighted by Gasteiger charge is -2.30. The minimum atomic E-state index is -1.59. The molecule has 2 heterocycles. The zero-order chi connectivity index (χ0) is 30.1. The third kappa shape index (κ3) is 4.98. The topological polar surface area (TPSA) is 134 Å². The molecule has 0 amide bonds. The van der Waals surface area contributed by atoms with Crippen LogP contribution in [0.2, 0.25) is 5.02 Å². The molecular formula is C26H28ClF2N5O7. The lowest BCUT2D eigenvalue weighted by Crippen LogP contribution is -2.44. The predicted octanol–water partition coefficient (Wildman–Crippen LogP) is 4.01. The number of aromatic nitrogens is 4. The van der Waals surface area contributed by atoms with Crippen molar-refractivity contribution in [1.82, 2.24) is 19.1 Å². The number of fused-ring (bicyclic) bond motifs is 1. The summed E-state index contributed by atoms with van der Waals surface area (Å²) in [6.45, 7) is 1.30. The molecule has 2 N–H and O–H groups in total. The summed E-state index contributed by atoms with van der Waals surface area (Å²) in [5, 5.41) is 0.0537. The lowest BCUT2D eigenvalue weighted by molar-refractivity contribution is -0.268. The van der Waals surface area contributed by atoms with Crippen LogP contribution in [0, 0.1) is 11.6 Å². The average molecular weight is 596 g/mol. The number of anilines is 1. The fourth-order valence-electron chi connectivity index (χ4n) is 4.48. The van der Waals surface area contributed by atoms with E-state index in [1.54, 1.807) is 6.92 Å². The molecule has 0 aliphatic carbocycles. The maximum absolute atomic E-state index is 14.6. The first kappa shape index (κ1) is 29.8. The van der Waals surface area contributed by atoms with E-state index in [1.807, 2.05) is 0 Å². The Balaban J connectivity index is 1.98. The van der Waals surface area contributed by atoms with E-state index in [0.29, 0.717) is 0 Å². The first-order valence-electron chi connectivity index (χ1n) is 12.1. The molecular weight excluding hydrogens is 568 g/mol. The summed E-state index contributed by atoms with van der Waals surface area (Å²) in [4.78, 5) is 22.5. The lowest BCUT2D eigenvalue weighted by atomic mass is 10.2. The number of halogens is 3. The zero-order valence-corrected chi connectivity index (χ0v) is 23.8. The van der Waals surface area contributed by atoms with Crippen LogP contribution in [-0.4, -0.2) is 54.7 Å². The summed E-state index contributed by atoms with van der Waals surface area (Å²) in [6.07, 6.45) is 0.193. The molecule has 0 bridgehead atoms. The number of benzene rings is 2. The van der Waals surface area contributed by atoms with Crippen LogP contribution >= 0.6 is 11.6 Å². The Morgan fingerprint density at radius 1 is 0.976 bits per heavy atom. The number of rotatable bonds is 11. The first-order chi connectivity index (χ1) is 19.6. The molecule has 220 valence electrons. The summed E-state index contributed by atoms with van der Waals surface area (Å²) in [6, 6.07) is 4.99. The smallest absolute Gasteiger partial charge is 0.339 e. The Hall–Kier alpha value is -4.14. The molecule has 0 spiro atoms. The molecule has 0 unspecified atom stereocenters. The number of hydrogen-bond donors (Lipinski definition) is 1. The highest BCUT2D eigenvalue weighted by Gasteiger charge is 2.38. The highest BCUT2D eigenvalue weighted by Crippen LogP contribution is 2.39. The van der Waals surface area contributed by atoms with Crippen LogP contribution in [0.4, 0.5) is 14.7 Å². The zero-order valence-electron chi connectivity index (χ0n) is 23.1. The third-order valence-corrected chi connectivity index (χ3v) is 6.81. The molecule has 2 aromatic heterocycles. The molecule has 12 nitrogen and oxygen atoms in total. The Morgan fingerprint density at radius 3 is 2.24 bits per heavy atom. The van der Waals surface area contributed by atoms with Crippen LogP contribution < -0.4 is 30.4 Å². The van der Waals surface area contributed by atoms with Crippen molar-refractivity contribution in [3.8, 4) is 28.8 Å². The maximum atomic E-state index is 14.6. The highest BCUT2D eigenvalue weighted by atomic mass is 35.5. The summed E-state index contributed by atoms with van der Waals surface area (Å²) in [7, 11) is 6.79. The SMILES string of the molecule is CCC(OC)(OC)n1c(=O)n(-c2cc(OCc3c(OC)ccc(F)c3F)c(OC)cc2Cl)c2nc(N)nc(OC)c21. The normalized spacial score (nSPS) is 11.6. The number of nitrogens with zero attached hydrogens (tertiary/aromatic N) is 4. The average Bonchev–Trinajstić information content (AvgIpc) is 3.26. The van der Waals surface area contributed by atoms with Crippen LogP contribution in [0.5, 0.6) is 23.1 Å². The second-order valence-corrected chi connectivity index (χ2v) is 8.88. The molecule has 4 rings (SSSR count). The molecule has 0 radical (unpaired) electrons. The molecule has 41 heavy (non-hydrogen) atoms. The molecule has 2 aromatic carbocycles. The molecule has 0 aliphatic heterocycles. The van der Waals surface area contributed by atoms with Crippen LogP contribution in [0.1, 0.15) is 18.9 Å². The molecule has 0 aliphatic rings. The number of nitrogens with two attached hydrogens (primary N) is 1. The van der Waals surface area contributed by atoms with Gasteiger partial charge < -0.3 is 34.2 Å². The molecule has 0 saturated heterocycles. The van der Waals surface area contributed by atoms with Gasteiger partial charge in [-0.3, -0.25) is 0 Å². The van der Waals surface area contributed by atoms with Crippen molar-refractivity contribution in [3.05, 3.63) is 57.0 Å². The van der Waals surface area contributed by atoms with Gasteiger partial charge in [0.1, 0.15) is 12.4 Å². The van der Waals surface area contributed by atoms with E-state index < -0.39 is 29.8 Å². The first-order valence-corrected chi connectivity index (χ1v) is 12.5. The van der Waals surface area contributed by atoms with Gasteiger partial charge in [-0.05, 0) is 12.1 Å². The fraction of sp³-hybridized carbons (Fsp3) is 0.346. The highest BCUT2D eigenvalue weighted by molar-refractivity contribution is 6.32. The van der Waals surface area contributed by atoms with E-state index in [1.165, 1.54) is 58.3 Å². The van der Waals surface area contributed by atoms with Gasteiger partial charge in [-0.25, -0.2) is 22.7 Å². The van der Waals surface area contributed by atoms with Gasteiger partial charge in [0.2, 0.25) is 11.8 Å². The van der Waals surface area contributed by atoms with E-state index in [2.05, 4.69) is 9.97 Å². The number of methoxy groups -OCH3 is 5. The van der Waals surface area contributed by atoms with E-state index in [0.717, 1.165) is 10.6 Å². The summed E-state index contributed by atoms with van der Waals surface area (Å²) < 4.78 is 64.0. The Morgan fingerprint density at radius 2 is 1.66 bits per heavy atom. The van der Waals surface area contributed by atoms with E-state index >= 15 is 0 Å². The second-order valence-electron chi connectivity index (χ2n) is 8.48. The molecule has 0 atom stereocenters. The van der Waals surface area contributed by atoms with Gasteiger partial charge in [0.05, 0.1) is 37.6 Å². The van der Waals surface area contributed by atoms with Gasteiger partial charge >= 0.3 is 5.69 Å². The molecule has 0 saturated carbocycles. The fourth-order valence-corrected chi connectivity index (χ4v) is 4.72. The van der Waals surface area contributed by atoms with Crippen molar-refractivity contribution >= 4 is 28.7 Å². The van der Waals surface area contributed by atoms with Crippen LogP contribution in [0.15, 0.2) is 29.1 Å². The molecule has 4 aromatic rings. The minimum Gasteiger partial charge on any atom is -0.496 e. The Bertz CT molecular complexity index is 1650. The van der Waals surface area contributed by atoms with Crippen LogP contribution in [0.25, 0.3) is 16.9 Å². The Labute approximate surface area is 238 Å². The quantitative estimate of drug-likeness (QED) is 0.253. The van der Waals surface area contributed by atoms with Crippen molar-refractivity contribution in [2.45, 2.75) is 25.9 Å². The number of nitrogen functional groups attached to an aromatic ring is 1. The van der Waals surface area contributed by atoms with Gasteiger partial charge in [0.15, 0.2) is 34.3 Å². The van der Waals surface area contributed by atoms with Gasteiger partial charge in [0.25, 0.3) is 5.91 Å². The van der Waals surface area contributed by atoms with Gasteiger partial charge in [0, 0.05) is 32.8 Å². The maximum Gasteiger partial charge on any atom is 0.339 e. The largest absolute Gasteiger partial charge is 0.496 e. The third-order valence-electron chi connectivity index (χ3n) is 6.51. The molecule has 15 heteroatoms. The van der Waals surface area contributed by atoms with E-state index in [-0.39, 0.29) is 62.9 Å². The number of ether oxygens (including phenoxy) is 6. The molecule has 0 fully saturated rings. The standard InChI is InChI=1S/C26H28ClF2N5O7/c1-7-26(39-5,40-6)34-21-22(31-24(30)32-23(21)38-4)33(25(34)35)16-11-19(18(37-3)10-14(16)27)41-12-13-17(36-2)9-8-15(28)20(13)29/h8-11H,7,12H2,1-6H3,(H2,30,31,32). The Kier molecular flexibility index (Phi) is 8.56. The summed E-state index contributed by atoms with van der Waals surface area (Å²) in [5.74, 6) is -3.74. The van der Waals surface area contributed by atoms with Gasteiger partial charge in [-0.1, -0.05) is 18.5 Å². The van der Waals surface area contributed by atoms with Crippen LogP contribution in [0.3, 0.4) is 0 Å². The van der Waals surface area contributed by atoms with Crippen molar-refractivity contribution in [3.63, 3.8) is 0 Å². The van der Waals surface area contributed by atoms with Crippen molar-refractivity contribution in [1.29, 1.82) is 0 Å². The van der Waals surface area contributed by atoms with Crippen molar-refractivity contribution < 1.29 is 37.2 Å². The number of imidazole rings is 1.